The van der Waals surface area contributed by atoms with Gasteiger partial charge in [-0.25, -0.2) is 0 Å². The van der Waals surface area contributed by atoms with Crippen LogP contribution in [0.25, 0.3) is 0 Å². The van der Waals surface area contributed by atoms with E-state index in [-0.39, 0.29) is 12.5 Å². The summed E-state index contributed by atoms with van der Waals surface area (Å²) in [5.41, 5.74) is 5.04. The highest BCUT2D eigenvalue weighted by atomic mass is 35.5. The van der Waals surface area contributed by atoms with Crippen LogP contribution >= 0.6 is 11.6 Å². The number of carbonyl (C=O) groups is 1. The van der Waals surface area contributed by atoms with Gasteiger partial charge in [-0.15, -0.1) is 0 Å². The standard InChI is InChI=1S/C23H31ClN4O2/c1-5-27(19-6-8-25-9-7-19)21-12-18(24)11-20(17(21)4)23(29)26-13-22-16(3)10-15(2)14-28(22)30/h10-12,14,19,25H,5-9,13H2,1-4H3,(H-,26,29,30)/p+1. The summed E-state index contributed by atoms with van der Waals surface area (Å²) in [7, 11) is 0. The van der Waals surface area contributed by atoms with E-state index < -0.39 is 0 Å². The highest BCUT2D eigenvalue weighted by Crippen LogP contribution is 2.31. The Labute approximate surface area is 183 Å². The zero-order chi connectivity index (χ0) is 21.8. The average Bonchev–Trinajstić information content (AvgIpc) is 2.70. The second-order valence-electron chi connectivity index (χ2n) is 8.04. The molecule has 7 heteroatoms. The summed E-state index contributed by atoms with van der Waals surface area (Å²) in [5, 5.41) is 17.1. The Morgan fingerprint density at radius 1 is 1.27 bits per heavy atom. The molecule has 0 spiro atoms. The van der Waals surface area contributed by atoms with Crippen LogP contribution in [0.5, 0.6) is 0 Å². The number of carbonyl (C=O) groups excluding carboxylic acids is 1. The average molecular weight is 432 g/mol. The van der Waals surface area contributed by atoms with Gasteiger partial charge >= 0.3 is 0 Å². The van der Waals surface area contributed by atoms with Crippen molar-refractivity contribution in [2.45, 2.75) is 53.1 Å². The predicted octanol–water partition coefficient (Wildman–Crippen LogP) is 3.30. The normalized spacial score (nSPS) is 14.6. The smallest absolute Gasteiger partial charge is 0.255 e. The third-order valence-electron chi connectivity index (χ3n) is 5.91. The largest absolute Gasteiger partial charge is 0.368 e. The van der Waals surface area contributed by atoms with Gasteiger partial charge in [0, 0.05) is 44.7 Å². The maximum atomic E-state index is 13.0. The first-order chi connectivity index (χ1) is 14.3. The number of aromatic nitrogens is 1. The fraction of sp³-hybridized carbons (Fsp3) is 0.478. The first kappa shape index (κ1) is 22.4. The molecule has 30 heavy (non-hydrogen) atoms. The number of amides is 1. The molecule has 0 unspecified atom stereocenters. The summed E-state index contributed by atoms with van der Waals surface area (Å²) in [4.78, 5) is 15.4. The van der Waals surface area contributed by atoms with Crippen LogP contribution in [0.3, 0.4) is 0 Å². The molecule has 1 amide bonds. The topological polar surface area (TPSA) is 68.5 Å². The van der Waals surface area contributed by atoms with Gasteiger partial charge in [-0.1, -0.05) is 11.6 Å². The lowest BCUT2D eigenvalue weighted by atomic mass is 10.00. The molecule has 6 nitrogen and oxygen atoms in total. The van der Waals surface area contributed by atoms with Gasteiger partial charge in [0.25, 0.3) is 11.6 Å². The molecule has 2 aromatic rings. The number of aryl methyl sites for hydroxylation is 2. The fourth-order valence-corrected chi connectivity index (χ4v) is 4.55. The number of nitrogens with one attached hydrogen (secondary N) is 2. The Morgan fingerprint density at radius 2 is 1.97 bits per heavy atom. The lowest BCUT2D eigenvalue weighted by Gasteiger charge is -2.37. The minimum absolute atomic E-state index is 0.197. The van der Waals surface area contributed by atoms with E-state index in [1.165, 1.54) is 0 Å². The Balaban J connectivity index is 1.84. The number of anilines is 1. The first-order valence-electron chi connectivity index (χ1n) is 10.6. The van der Waals surface area contributed by atoms with Gasteiger partial charge in [0.15, 0.2) is 0 Å². The molecular formula is C23H32ClN4O2+. The molecule has 1 aromatic carbocycles. The minimum Gasteiger partial charge on any atom is -0.368 e. The van der Waals surface area contributed by atoms with Gasteiger partial charge in [0.1, 0.15) is 6.54 Å². The molecule has 1 aliphatic heterocycles. The Morgan fingerprint density at radius 3 is 2.60 bits per heavy atom. The van der Waals surface area contributed by atoms with Crippen molar-refractivity contribution >= 4 is 23.2 Å². The van der Waals surface area contributed by atoms with Crippen LogP contribution in [0, 0.1) is 20.8 Å². The summed E-state index contributed by atoms with van der Waals surface area (Å²) in [6, 6.07) is 6.11. The molecular weight excluding hydrogens is 400 g/mol. The van der Waals surface area contributed by atoms with E-state index in [1.807, 2.05) is 32.9 Å². The van der Waals surface area contributed by atoms with Crippen molar-refractivity contribution in [2.24, 2.45) is 0 Å². The number of hydrogen-bond acceptors (Lipinski definition) is 4. The number of halogens is 1. The van der Waals surface area contributed by atoms with Gasteiger partial charge in [-0.3, -0.25) is 10.0 Å². The lowest BCUT2D eigenvalue weighted by molar-refractivity contribution is -0.910. The maximum absolute atomic E-state index is 13.0. The Bertz CT molecular complexity index is 903. The molecule has 1 fully saturated rings. The van der Waals surface area contributed by atoms with E-state index in [2.05, 4.69) is 22.5 Å². The second kappa shape index (κ2) is 9.67. The molecule has 0 aliphatic carbocycles. The van der Waals surface area contributed by atoms with Crippen molar-refractivity contribution in [3.63, 3.8) is 0 Å². The molecule has 1 aromatic heterocycles. The summed E-state index contributed by atoms with van der Waals surface area (Å²) >= 11 is 6.43. The van der Waals surface area contributed by atoms with Crippen LogP contribution in [-0.2, 0) is 6.54 Å². The summed E-state index contributed by atoms with van der Waals surface area (Å²) < 4.78 is 1.08. The summed E-state index contributed by atoms with van der Waals surface area (Å²) in [6.45, 7) is 11.1. The van der Waals surface area contributed by atoms with Crippen LogP contribution in [-0.4, -0.2) is 36.8 Å². The first-order valence-corrected chi connectivity index (χ1v) is 11.0. The number of benzene rings is 1. The quantitative estimate of drug-likeness (QED) is 0.485. The molecule has 0 radical (unpaired) electrons. The van der Waals surface area contributed by atoms with E-state index in [0.29, 0.717) is 22.3 Å². The highest BCUT2D eigenvalue weighted by molar-refractivity contribution is 6.31. The summed E-state index contributed by atoms with van der Waals surface area (Å²) in [6.07, 6.45) is 3.78. The highest BCUT2D eigenvalue weighted by Gasteiger charge is 2.24. The van der Waals surface area contributed by atoms with Gasteiger partial charge < -0.3 is 15.5 Å². The van der Waals surface area contributed by atoms with E-state index in [4.69, 9.17) is 11.6 Å². The van der Waals surface area contributed by atoms with Crippen LogP contribution in [0.4, 0.5) is 5.69 Å². The molecule has 162 valence electrons. The van der Waals surface area contributed by atoms with Crippen molar-refractivity contribution in [3.8, 4) is 0 Å². The van der Waals surface area contributed by atoms with Crippen molar-refractivity contribution in [1.82, 2.24) is 10.6 Å². The molecule has 1 aliphatic rings. The van der Waals surface area contributed by atoms with Gasteiger partial charge in [-0.05, 0) is 77.4 Å². The summed E-state index contributed by atoms with van der Waals surface area (Å²) in [5.74, 6) is -0.197. The maximum Gasteiger partial charge on any atom is 0.255 e. The number of nitrogens with zero attached hydrogens (tertiary/aromatic N) is 2. The van der Waals surface area contributed by atoms with Gasteiger partial charge in [-0.2, -0.15) is 0 Å². The van der Waals surface area contributed by atoms with Gasteiger partial charge in [0.2, 0.25) is 6.20 Å². The van der Waals surface area contributed by atoms with Crippen molar-refractivity contribution in [1.29, 1.82) is 0 Å². The lowest BCUT2D eigenvalue weighted by Crippen LogP contribution is -2.43. The van der Waals surface area contributed by atoms with E-state index in [0.717, 1.165) is 59.6 Å². The monoisotopic (exact) mass is 431 g/mol. The Hall–Kier alpha value is -2.31. The minimum atomic E-state index is -0.197. The zero-order valence-corrected chi connectivity index (χ0v) is 19.0. The van der Waals surface area contributed by atoms with E-state index >= 15 is 0 Å². The van der Waals surface area contributed by atoms with Gasteiger partial charge in [0.05, 0.1) is 0 Å². The zero-order valence-electron chi connectivity index (χ0n) is 18.3. The van der Waals surface area contributed by atoms with E-state index in [1.54, 1.807) is 12.3 Å². The van der Waals surface area contributed by atoms with Crippen molar-refractivity contribution in [2.75, 3.05) is 24.5 Å². The fourth-order valence-electron chi connectivity index (χ4n) is 4.34. The van der Waals surface area contributed by atoms with Crippen LogP contribution in [0.2, 0.25) is 5.02 Å². The number of hydrogen-bond donors (Lipinski definition) is 3. The molecule has 3 rings (SSSR count). The predicted molar refractivity (Wildman–Crippen MR) is 120 cm³/mol. The van der Waals surface area contributed by atoms with Crippen LogP contribution in [0.1, 0.15) is 52.5 Å². The van der Waals surface area contributed by atoms with Crippen molar-refractivity contribution in [3.05, 3.63) is 57.4 Å². The van der Waals surface area contributed by atoms with Crippen LogP contribution in [0.15, 0.2) is 24.4 Å². The van der Waals surface area contributed by atoms with E-state index in [9.17, 15) is 10.0 Å². The molecule has 1 saturated heterocycles. The molecule has 0 saturated carbocycles. The third-order valence-corrected chi connectivity index (χ3v) is 6.13. The van der Waals surface area contributed by atoms with Crippen molar-refractivity contribution < 1.29 is 14.7 Å². The third kappa shape index (κ3) is 4.87. The number of piperidine rings is 1. The second-order valence-corrected chi connectivity index (χ2v) is 8.48. The molecule has 3 N–H and O–H groups in total. The van der Waals surface area contributed by atoms with Crippen LogP contribution < -0.4 is 20.3 Å². The molecule has 0 bridgehead atoms. The number of pyridine rings is 1. The number of rotatable bonds is 6. The molecule has 0 atom stereocenters. The Kier molecular flexibility index (Phi) is 7.21. The SMILES string of the molecule is CCN(c1cc(Cl)cc(C(=O)NCc2c(C)cc(C)c[n+]2O)c1C)C1CCNCC1. The molecule has 2 heterocycles.